The lowest BCUT2D eigenvalue weighted by Crippen LogP contribution is -2.38. The number of nitrogens with one attached hydrogen (secondary N) is 2. The lowest BCUT2D eigenvalue weighted by Gasteiger charge is -2.10. The maximum absolute atomic E-state index is 13.3. The van der Waals surface area contributed by atoms with E-state index < -0.39 is 23.6 Å². The minimum absolute atomic E-state index is 0.104. The molecule has 0 radical (unpaired) electrons. The highest BCUT2D eigenvalue weighted by molar-refractivity contribution is 5.73. The Morgan fingerprint density at radius 3 is 2.27 bits per heavy atom. The van der Waals surface area contributed by atoms with Crippen LogP contribution < -0.4 is 15.4 Å². The van der Waals surface area contributed by atoms with Crippen LogP contribution >= 0.6 is 0 Å². The molecular weight excluding hydrogens is 352 g/mol. The molecule has 2 rings (SSSR count). The molecule has 0 spiro atoms. The fourth-order valence-corrected chi connectivity index (χ4v) is 2.13. The van der Waals surface area contributed by atoms with E-state index in [1.807, 2.05) is 0 Å². The maximum Gasteiger partial charge on any atom is 0.416 e. The van der Waals surface area contributed by atoms with Crippen molar-refractivity contribution >= 4 is 6.03 Å². The van der Waals surface area contributed by atoms with Crippen LogP contribution in [0.5, 0.6) is 5.75 Å². The van der Waals surface area contributed by atoms with Crippen LogP contribution in [0.4, 0.5) is 22.4 Å². The quantitative estimate of drug-likeness (QED) is 0.576. The molecule has 0 aliphatic heterocycles. The van der Waals surface area contributed by atoms with Crippen molar-refractivity contribution in [1.29, 1.82) is 0 Å². The molecule has 0 atom stereocenters. The Balaban J connectivity index is 1.62. The Morgan fingerprint density at radius 1 is 0.962 bits per heavy atom. The van der Waals surface area contributed by atoms with Crippen molar-refractivity contribution in [2.24, 2.45) is 0 Å². The van der Waals surface area contributed by atoms with Crippen LogP contribution in [0.15, 0.2) is 48.5 Å². The molecule has 8 heteroatoms. The summed E-state index contributed by atoms with van der Waals surface area (Å²) in [5, 5.41) is 5.13. The summed E-state index contributed by atoms with van der Waals surface area (Å²) in [6, 6.07) is 10.3. The zero-order valence-corrected chi connectivity index (χ0v) is 13.8. The summed E-state index contributed by atoms with van der Waals surface area (Å²) in [4.78, 5) is 11.6. The Kier molecular flexibility index (Phi) is 6.82. The van der Waals surface area contributed by atoms with Crippen LogP contribution in [-0.4, -0.2) is 25.7 Å². The molecule has 0 fully saturated rings. The Hall–Kier alpha value is -2.77. The number of hydrogen-bond acceptors (Lipinski definition) is 2. The van der Waals surface area contributed by atoms with Crippen molar-refractivity contribution in [3.63, 3.8) is 0 Å². The van der Waals surface area contributed by atoms with Crippen LogP contribution in [0.25, 0.3) is 0 Å². The van der Waals surface area contributed by atoms with Gasteiger partial charge in [0.1, 0.15) is 6.61 Å². The highest BCUT2D eigenvalue weighted by atomic mass is 19.4. The molecule has 4 nitrogen and oxygen atoms in total. The van der Waals surface area contributed by atoms with Gasteiger partial charge in [-0.1, -0.05) is 24.3 Å². The molecule has 0 saturated heterocycles. The number of ether oxygens (including phenoxy) is 1. The highest BCUT2D eigenvalue weighted by Crippen LogP contribution is 2.29. The van der Waals surface area contributed by atoms with E-state index in [-0.39, 0.29) is 25.4 Å². The van der Waals surface area contributed by atoms with Gasteiger partial charge in [-0.05, 0) is 36.2 Å². The van der Waals surface area contributed by atoms with Crippen molar-refractivity contribution in [3.8, 4) is 5.75 Å². The second-order valence-corrected chi connectivity index (χ2v) is 5.41. The minimum atomic E-state index is -4.36. The van der Waals surface area contributed by atoms with E-state index in [1.165, 1.54) is 24.3 Å². The van der Waals surface area contributed by atoms with E-state index in [1.54, 1.807) is 12.1 Å². The van der Waals surface area contributed by atoms with Gasteiger partial charge in [-0.15, -0.1) is 0 Å². The van der Waals surface area contributed by atoms with Crippen LogP contribution in [0.2, 0.25) is 0 Å². The molecule has 2 aromatic rings. The van der Waals surface area contributed by atoms with Gasteiger partial charge in [-0.2, -0.15) is 13.2 Å². The van der Waals surface area contributed by atoms with Crippen molar-refractivity contribution in [3.05, 3.63) is 65.5 Å². The van der Waals surface area contributed by atoms with E-state index >= 15 is 0 Å². The molecule has 0 aliphatic carbocycles. The van der Waals surface area contributed by atoms with Crippen LogP contribution in [0.3, 0.4) is 0 Å². The average Bonchev–Trinajstić information content (AvgIpc) is 2.60. The molecule has 0 aromatic heterocycles. The van der Waals surface area contributed by atoms with Crippen LogP contribution in [0.1, 0.15) is 11.1 Å². The van der Waals surface area contributed by atoms with Crippen molar-refractivity contribution < 1.29 is 27.1 Å². The fraction of sp³-hybridized carbons (Fsp3) is 0.278. The van der Waals surface area contributed by atoms with Gasteiger partial charge in [-0.25, -0.2) is 9.18 Å². The van der Waals surface area contributed by atoms with E-state index in [2.05, 4.69) is 10.6 Å². The molecule has 140 valence electrons. The highest BCUT2D eigenvalue weighted by Gasteiger charge is 2.29. The number of amides is 2. The molecule has 26 heavy (non-hydrogen) atoms. The molecule has 2 aromatic carbocycles. The standard InChI is InChI=1S/C18H18F4N2O2/c19-15-3-1-2-4-16(15)26-12-11-24-17(25)23-10-9-13-5-7-14(8-6-13)18(20,21)22/h1-8H,9-12H2,(H2,23,24,25). The summed E-state index contributed by atoms with van der Waals surface area (Å²) >= 11 is 0. The SMILES string of the molecule is O=C(NCCOc1ccccc1F)NCCc1ccc(C(F)(F)F)cc1. The topological polar surface area (TPSA) is 50.4 Å². The number of carbonyl (C=O) groups is 1. The Labute approximate surface area is 148 Å². The minimum Gasteiger partial charge on any atom is -0.489 e. The number of halogens is 4. The van der Waals surface area contributed by atoms with E-state index in [9.17, 15) is 22.4 Å². The lowest BCUT2D eigenvalue weighted by molar-refractivity contribution is -0.137. The second kappa shape index (κ2) is 9.07. The largest absolute Gasteiger partial charge is 0.489 e. The van der Waals surface area contributed by atoms with Gasteiger partial charge < -0.3 is 15.4 Å². The smallest absolute Gasteiger partial charge is 0.416 e. The molecule has 0 aliphatic rings. The number of alkyl halides is 3. The van der Waals surface area contributed by atoms with Gasteiger partial charge in [0, 0.05) is 6.54 Å². The van der Waals surface area contributed by atoms with Gasteiger partial charge in [0.05, 0.1) is 12.1 Å². The molecule has 0 heterocycles. The molecule has 0 bridgehead atoms. The van der Waals surface area contributed by atoms with Crippen molar-refractivity contribution in [2.45, 2.75) is 12.6 Å². The first-order valence-electron chi connectivity index (χ1n) is 7.91. The van der Waals surface area contributed by atoms with Crippen LogP contribution in [0, 0.1) is 5.82 Å². The zero-order chi connectivity index (χ0) is 19.0. The predicted octanol–water partition coefficient (Wildman–Crippen LogP) is 3.77. The van der Waals surface area contributed by atoms with Gasteiger partial charge in [0.25, 0.3) is 0 Å². The van der Waals surface area contributed by atoms with E-state index in [0.29, 0.717) is 12.0 Å². The molecule has 0 saturated carbocycles. The number of hydrogen-bond donors (Lipinski definition) is 2. The first-order valence-corrected chi connectivity index (χ1v) is 7.91. The van der Waals surface area contributed by atoms with Gasteiger partial charge in [0.2, 0.25) is 0 Å². The number of rotatable bonds is 7. The predicted molar refractivity (Wildman–Crippen MR) is 88.4 cm³/mol. The molecular formula is C18H18F4N2O2. The first-order chi connectivity index (χ1) is 12.4. The first kappa shape index (κ1) is 19.6. The summed E-state index contributed by atoms with van der Waals surface area (Å²) < 4.78 is 55.9. The van der Waals surface area contributed by atoms with E-state index in [0.717, 1.165) is 12.1 Å². The summed E-state index contributed by atoms with van der Waals surface area (Å²) in [7, 11) is 0. The van der Waals surface area contributed by atoms with Gasteiger partial charge in [-0.3, -0.25) is 0 Å². The maximum atomic E-state index is 13.3. The third-order valence-electron chi connectivity index (χ3n) is 3.46. The average molecular weight is 370 g/mol. The monoisotopic (exact) mass is 370 g/mol. The summed E-state index contributed by atoms with van der Waals surface area (Å²) in [5.74, 6) is -0.370. The summed E-state index contributed by atoms with van der Waals surface area (Å²) in [6.45, 7) is 0.555. The fourth-order valence-electron chi connectivity index (χ4n) is 2.13. The van der Waals surface area contributed by atoms with Crippen LogP contribution in [-0.2, 0) is 12.6 Å². The number of para-hydroxylation sites is 1. The second-order valence-electron chi connectivity index (χ2n) is 5.41. The Morgan fingerprint density at radius 2 is 1.62 bits per heavy atom. The third-order valence-corrected chi connectivity index (χ3v) is 3.46. The normalized spacial score (nSPS) is 11.1. The molecule has 2 N–H and O–H groups in total. The zero-order valence-electron chi connectivity index (χ0n) is 13.8. The number of benzene rings is 2. The number of urea groups is 1. The molecule has 0 unspecified atom stereocenters. The Bertz CT molecular complexity index is 718. The van der Waals surface area contributed by atoms with Gasteiger partial charge >= 0.3 is 12.2 Å². The van der Waals surface area contributed by atoms with Gasteiger partial charge in [0.15, 0.2) is 11.6 Å². The molecule has 2 amide bonds. The van der Waals surface area contributed by atoms with E-state index in [4.69, 9.17) is 4.74 Å². The van der Waals surface area contributed by atoms with Crippen molar-refractivity contribution in [2.75, 3.05) is 19.7 Å². The summed E-state index contributed by atoms with van der Waals surface area (Å²) in [5.41, 5.74) is -0.0250. The summed E-state index contributed by atoms with van der Waals surface area (Å²) in [6.07, 6.45) is -3.96. The third kappa shape index (κ3) is 6.27. The lowest BCUT2D eigenvalue weighted by atomic mass is 10.1. The van der Waals surface area contributed by atoms with Crippen molar-refractivity contribution in [1.82, 2.24) is 10.6 Å². The number of carbonyl (C=O) groups excluding carboxylic acids is 1.